The van der Waals surface area contributed by atoms with Crippen molar-refractivity contribution in [1.82, 2.24) is 9.80 Å². The second kappa shape index (κ2) is 11.6. The number of carbonyl (C=O) groups excluding carboxylic acids is 3. The van der Waals surface area contributed by atoms with Crippen LogP contribution < -0.4 is 4.74 Å². The summed E-state index contributed by atoms with van der Waals surface area (Å²) in [5.41, 5.74) is -0.693. The van der Waals surface area contributed by atoms with Crippen molar-refractivity contribution in [3.8, 4) is 5.75 Å². The van der Waals surface area contributed by atoms with Crippen LogP contribution in [0.1, 0.15) is 50.5 Å². The molecule has 2 atom stereocenters. The summed E-state index contributed by atoms with van der Waals surface area (Å²) in [7, 11) is 4.86. The summed E-state index contributed by atoms with van der Waals surface area (Å²) in [4.78, 5) is 42.9. The Morgan fingerprint density at radius 1 is 1.24 bits per heavy atom. The van der Waals surface area contributed by atoms with Crippen LogP contribution in [0.2, 0.25) is 0 Å². The number of para-hydroxylation sites is 1. The Morgan fingerprint density at radius 3 is 2.73 bits per heavy atom. The number of ether oxygens (including phenoxy) is 3. The van der Waals surface area contributed by atoms with E-state index in [1.165, 1.54) is 12.0 Å². The van der Waals surface area contributed by atoms with E-state index in [4.69, 9.17) is 14.2 Å². The SMILES string of the molecule is COCCCN1C(=O)CC(CC(=O)N(C)CCC2CCCCO2)(c2ccccc2OC)C1=O. The molecule has 2 aliphatic rings. The first-order chi connectivity index (χ1) is 15.9. The maximum atomic E-state index is 13.7. The van der Waals surface area contributed by atoms with Gasteiger partial charge in [-0.05, 0) is 38.2 Å². The summed E-state index contributed by atoms with van der Waals surface area (Å²) in [6, 6.07) is 7.16. The first-order valence-corrected chi connectivity index (χ1v) is 11.8. The fourth-order valence-electron chi connectivity index (χ4n) is 4.77. The van der Waals surface area contributed by atoms with E-state index in [0.29, 0.717) is 30.9 Å². The van der Waals surface area contributed by atoms with Crippen LogP contribution in [0, 0.1) is 0 Å². The average molecular weight is 461 g/mol. The molecule has 8 nitrogen and oxygen atoms in total. The predicted molar refractivity (Wildman–Crippen MR) is 123 cm³/mol. The van der Waals surface area contributed by atoms with Crippen LogP contribution in [0.3, 0.4) is 0 Å². The summed E-state index contributed by atoms with van der Waals surface area (Å²) in [6.07, 6.45) is 4.59. The average Bonchev–Trinajstić information content (AvgIpc) is 3.07. The van der Waals surface area contributed by atoms with Gasteiger partial charge >= 0.3 is 0 Å². The molecule has 0 bridgehead atoms. The van der Waals surface area contributed by atoms with Crippen molar-refractivity contribution in [2.45, 2.75) is 56.5 Å². The molecular weight excluding hydrogens is 424 g/mol. The van der Waals surface area contributed by atoms with Gasteiger partial charge in [-0.25, -0.2) is 0 Å². The third-order valence-corrected chi connectivity index (χ3v) is 6.70. The molecule has 0 spiro atoms. The van der Waals surface area contributed by atoms with Crippen molar-refractivity contribution in [1.29, 1.82) is 0 Å². The van der Waals surface area contributed by atoms with Crippen molar-refractivity contribution < 1.29 is 28.6 Å². The lowest BCUT2D eigenvalue weighted by atomic mass is 9.75. The lowest BCUT2D eigenvalue weighted by molar-refractivity contribution is -0.142. The normalized spacial score (nSPS) is 23.1. The summed E-state index contributed by atoms with van der Waals surface area (Å²) in [5.74, 6) is -0.279. The number of rotatable bonds is 11. The number of imide groups is 1. The third kappa shape index (κ3) is 5.73. The van der Waals surface area contributed by atoms with Crippen LogP contribution in [-0.2, 0) is 29.3 Å². The monoisotopic (exact) mass is 460 g/mol. The zero-order valence-corrected chi connectivity index (χ0v) is 20.0. The Balaban J connectivity index is 1.81. The highest BCUT2D eigenvalue weighted by Crippen LogP contribution is 2.44. The number of amides is 3. The van der Waals surface area contributed by atoms with Gasteiger partial charge in [-0.15, -0.1) is 0 Å². The van der Waals surface area contributed by atoms with Gasteiger partial charge in [-0.1, -0.05) is 18.2 Å². The molecule has 2 fully saturated rings. The van der Waals surface area contributed by atoms with Crippen molar-refractivity contribution in [3.05, 3.63) is 29.8 Å². The van der Waals surface area contributed by atoms with E-state index in [9.17, 15) is 14.4 Å². The van der Waals surface area contributed by atoms with Crippen LogP contribution in [0.4, 0.5) is 0 Å². The van der Waals surface area contributed by atoms with E-state index in [0.717, 1.165) is 32.3 Å². The molecule has 2 heterocycles. The Morgan fingerprint density at radius 2 is 2.03 bits per heavy atom. The molecule has 2 aliphatic heterocycles. The maximum absolute atomic E-state index is 13.7. The molecular formula is C25H36N2O6. The van der Waals surface area contributed by atoms with Gasteiger partial charge in [0.15, 0.2) is 0 Å². The molecule has 1 aromatic rings. The molecule has 2 unspecified atom stereocenters. The van der Waals surface area contributed by atoms with Crippen molar-refractivity contribution in [3.63, 3.8) is 0 Å². The molecule has 3 rings (SSSR count). The lowest BCUT2D eigenvalue weighted by Crippen LogP contribution is -2.43. The molecule has 2 saturated heterocycles. The third-order valence-electron chi connectivity index (χ3n) is 6.70. The highest BCUT2D eigenvalue weighted by molar-refractivity contribution is 6.11. The van der Waals surface area contributed by atoms with E-state index in [2.05, 4.69) is 0 Å². The van der Waals surface area contributed by atoms with E-state index in [1.54, 1.807) is 37.3 Å². The maximum Gasteiger partial charge on any atom is 0.241 e. The fraction of sp³-hybridized carbons (Fsp3) is 0.640. The minimum Gasteiger partial charge on any atom is -0.496 e. The first-order valence-electron chi connectivity index (χ1n) is 11.8. The van der Waals surface area contributed by atoms with Gasteiger partial charge in [0.25, 0.3) is 0 Å². The van der Waals surface area contributed by atoms with Crippen molar-refractivity contribution in [2.24, 2.45) is 0 Å². The zero-order valence-electron chi connectivity index (χ0n) is 20.0. The van der Waals surface area contributed by atoms with E-state index >= 15 is 0 Å². The summed E-state index contributed by atoms with van der Waals surface area (Å²) < 4.78 is 16.4. The Kier molecular flexibility index (Phi) is 8.86. The van der Waals surface area contributed by atoms with Crippen LogP contribution >= 0.6 is 0 Å². The molecule has 182 valence electrons. The number of hydrogen-bond acceptors (Lipinski definition) is 6. The number of likely N-dealkylation sites (tertiary alicyclic amines) is 1. The predicted octanol–water partition coefficient (Wildman–Crippen LogP) is 2.54. The van der Waals surface area contributed by atoms with Gasteiger partial charge < -0.3 is 19.1 Å². The topological polar surface area (TPSA) is 85.4 Å². The molecule has 1 aromatic carbocycles. The first kappa shape index (κ1) is 25.2. The van der Waals surface area contributed by atoms with E-state index in [-0.39, 0.29) is 43.2 Å². The van der Waals surface area contributed by atoms with E-state index < -0.39 is 5.41 Å². The molecule has 8 heteroatoms. The van der Waals surface area contributed by atoms with Crippen LogP contribution in [0.25, 0.3) is 0 Å². The quantitative estimate of drug-likeness (QED) is 0.373. The summed E-state index contributed by atoms with van der Waals surface area (Å²) in [6.45, 7) is 2.04. The smallest absolute Gasteiger partial charge is 0.241 e. The summed E-state index contributed by atoms with van der Waals surface area (Å²) in [5, 5.41) is 0. The lowest BCUT2D eigenvalue weighted by Gasteiger charge is -2.31. The largest absolute Gasteiger partial charge is 0.496 e. The number of methoxy groups -OCH3 is 2. The fourth-order valence-corrected chi connectivity index (χ4v) is 4.77. The zero-order chi connectivity index (χ0) is 23.8. The Labute approximate surface area is 196 Å². The Hall–Kier alpha value is -2.45. The molecule has 33 heavy (non-hydrogen) atoms. The van der Waals surface area contributed by atoms with Gasteiger partial charge in [0.1, 0.15) is 5.75 Å². The second-order valence-corrected chi connectivity index (χ2v) is 8.93. The number of benzene rings is 1. The number of carbonyl (C=O) groups is 3. The minimum absolute atomic E-state index is 0.0511. The van der Waals surface area contributed by atoms with Gasteiger partial charge in [0, 0.05) is 58.9 Å². The minimum atomic E-state index is -1.27. The van der Waals surface area contributed by atoms with Gasteiger partial charge in [0.05, 0.1) is 18.6 Å². The van der Waals surface area contributed by atoms with Crippen LogP contribution in [0.5, 0.6) is 5.75 Å². The molecule has 0 N–H and O–H groups in total. The van der Waals surface area contributed by atoms with Gasteiger partial charge in [-0.2, -0.15) is 0 Å². The molecule has 0 aromatic heterocycles. The van der Waals surface area contributed by atoms with Crippen LogP contribution in [-0.4, -0.2) is 81.2 Å². The molecule has 0 radical (unpaired) electrons. The van der Waals surface area contributed by atoms with Crippen molar-refractivity contribution >= 4 is 17.7 Å². The number of nitrogens with zero attached hydrogens (tertiary/aromatic N) is 2. The summed E-state index contributed by atoms with van der Waals surface area (Å²) >= 11 is 0. The molecule has 0 saturated carbocycles. The molecule has 0 aliphatic carbocycles. The molecule has 3 amide bonds. The van der Waals surface area contributed by atoms with Crippen LogP contribution in [0.15, 0.2) is 24.3 Å². The number of hydrogen-bond donors (Lipinski definition) is 0. The van der Waals surface area contributed by atoms with Crippen molar-refractivity contribution in [2.75, 3.05) is 47.6 Å². The second-order valence-electron chi connectivity index (χ2n) is 8.93. The highest BCUT2D eigenvalue weighted by Gasteiger charge is 2.55. The standard InChI is InChI=1S/C25H36N2O6/c1-26(14-12-19-9-6-7-16-33-19)22(28)17-25(20-10-4-5-11-21(20)32-3)18-23(29)27(24(25)30)13-8-15-31-2/h4-5,10-11,19H,6-9,12-18H2,1-3H3. The van der Waals surface area contributed by atoms with E-state index in [1.807, 2.05) is 6.07 Å². The Bertz CT molecular complexity index is 838. The van der Waals surface area contributed by atoms with Gasteiger partial charge in [-0.3, -0.25) is 19.3 Å². The highest BCUT2D eigenvalue weighted by atomic mass is 16.5. The van der Waals surface area contributed by atoms with Gasteiger partial charge in [0.2, 0.25) is 17.7 Å².